The van der Waals surface area contributed by atoms with Crippen molar-refractivity contribution in [3.63, 3.8) is 0 Å². The van der Waals surface area contributed by atoms with E-state index in [-0.39, 0.29) is 5.91 Å². The van der Waals surface area contributed by atoms with Gasteiger partial charge in [-0.3, -0.25) is 9.79 Å². The highest BCUT2D eigenvalue weighted by Crippen LogP contribution is 2.14. The van der Waals surface area contributed by atoms with Gasteiger partial charge in [-0.25, -0.2) is 0 Å². The van der Waals surface area contributed by atoms with Crippen LogP contribution < -0.4 is 5.32 Å². The van der Waals surface area contributed by atoms with Crippen molar-refractivity contribution < 1.29 is 18.1 Å². The number of rotatable bonds is 9. The average molecular weight is 262 g/mol. The van der Waals surface area contributed by atoms with Gasteiger partial charge in [-0.05, 0) is 13.3 Å². The van der Waals surface area contributed by atoms with Gasteiger partial charge >= 0.3 is 8.80 Å². The fourth-order valence-corrected chi connectivity index (χ4v) is 3.01. The van der Waals surface area contributed by atoms with Crippen LogP contribution in [0.3, 0.4) is 0 Å². The molecule has 7 heteroatoms. The molecule has 0 radical (unpaired) electrons. The van der Waals surface area contributed by atoms with Crippen molar-refractivity contribution in [1.82, 2.24) is 5.32 Å². The van der Waals surface area contributed by atoms with Gasteiger partial charge in [-0.2, -0.15) is 0 Å². The minimum absolute atomic E-state index is 0.166. The Morgan fingerprint density at radius 1 is 1.29 bits per heavy atom. The minimum atomic E-state index is -2.48. The molecule has 0 bridgehead atoms. The summed E-state index contributed by atoms with van der Waals surface area (Å²) in [5, 5.41) is 2.63. The van der Waals surface area contributed by atoms with Crippen molar-refractivity contribution in [2.75, 3.05) is 34.4 Å². The molecule has 0 rings (SSSR count). The maximum Gasteiger partial charge on any atom is 0.500 e. The first-order chi connectivity index (χ1) is 8.14. The zero-order valence-corrected chi connectivity index (χ0v) is 12.0. The molecule has 0 aliphatic carbocycles. The molecule has 0 unspecified atom stereocenters. The monoisotopic (exact) mass is 262 g/mol. The van der Waals surface area contributed by atoms with E-state index in [4.69, 9.17) is 13.3 Å². The van der Waals surface area contributed by atoms with E-state index < -0.39 is 8.80 Å². The fourth-order valence-electron chi connectivity index (χ4n) is 1.31. The predicted octanol–water partition coefficient (Wildman–Crippen LogP) is 0.462. The lowest BCUT2D eigenvalue weighted by Gasteiger charge is -2.23. The van der Waals surface area contributed by atoms with Crippen LogP contribution in [-0.2, 0) is 18.1 Å². The van der Waals surface area contributed by atoms with Gasteiger partial charge in [0, 0.05) is 40.5 Å². The molecule has 1 amide bonds. The third-order valence-corrected chi connectivity index (χ3v) is 5.09. The second-order valence-corrected chi connectivity index (χ2v) is 6.42. The van der Waals surface area contributed by atoms with Crippen LogP contribution in [0.2, 0.25) is 6.04 Å². The molecular weight excluding hydrogens is 240 g/mol. The van der Waals surface area contributed by atoms with Gasteiger partial charge < -0.3 is 18.6 Å². The molecule has 0 aromatic rings. The Morgan fingerprint density at radius 3 is 2.35 bits per heavy atom. The normalized spacial score (nSPS) is 12.0. The van der Waals surface area contributed by atoms with Crippen LogP contribution >= 0.6 is 0 Å². The van der Waals surface area contributed by atoms with Crippen LogP contribution in [-0.4, -0.2) is 55.3 Å². The molecule has 6 nitrogen and oxygen atoms in total. The summed E-state index contributed by atoms with van der Waals surface area (Å²) in [6.07, 6.45) is 2.07. The zero-order valence-electron chi connectivity index (χ0n) is 11.0. The molecule has 0 saturated heterocycles. The number of carbonyl (C=O) groups is 1. The molecule has 0 saturated carbocycles. The minimum Gasteiger partial charge on any atom is -0.377 e. The summed E-state index contributed by atoms with van der Waals surface area (Å²) in [5.74, 6) is -0.166. The number of carbonyl (C=O) groups excluding carboxylic acids is 1. The highest BCUT2D eigenvalue weighted by molar-refractivity contribution is 6.60. The lowest BCUT2D eigenvalue weighted by molar-refractivity contribution is -0.114. The van der Waals surface area contributed by atoms with Crippen LogP contribution in [0.1, 0.15) is 13.3 Å². The van der Waals surface area contributed by atoms with E-state index in [0.29, 0.717) is 19.1 Å². The Labute approximate surface area is 104 Å². The molecule has 0 aliphatic heterocycles. The van der Waals surface area contributed by atoms with Gasteiger partial charge in [0.15, 0.2) is 0 Å². The average Bonchev–Trinajstić information content (AvgIpc) is 2.35. The number of amides is 1. The van der Waals surface area contributed by atoms with E-state index >= 15 is 0 Å². The predicted molar refractivity (Wildman–Crippen MR) is 68.2 cm³/mol. The van der Waals surface area contributed by atoms with Crippen LogP contribution in [0.4, 0.5) is 0 Å². The van der Waals surface area contributed by atoms with E-state index in [1.54, 1.807) is 21.3 Å². The quantitative estimate of drug-likeness (QED) is 0.372. The lowest BCUT2D eigenvalue weighted by atomic mass is 10.5. The van der Waals surface area contributed by atoms with Crippen LogP contribution in [0.15, 0.2) is 4.99 Å². The highest BCUT2D eigenvalue weighted by atomic mass is 28.4. The Kier molecular flexibility index (Phi) is 8.87. The number of hydrogen-bond acceptors (Lipinski definition) is 5. The van der Waals surface area contributed by atoms with Crippen molar-refractivity contribution in [2.45, 2.75) is 19.4 Å². The molecule has 0 heterocycles. The molecule has 0 aromatic carbocycles. The molecule has 0 aromatic heterocycles. The summed E-state index contributed by atoms with van der Waals surface area (Å²) in [5.41, 5.74) is 0. The van der Waals surface area contributed by atoms with E-state index in [9.17, 15) is 4.79 Å². The van der Waals surface area contributed by atoms with Gasteiger partial charge in [-0.15, -0.1) is 0 Å². The largest absolute Gasteiger partial charge is 0.500 e. The summed E-state index contributed by atoms with van der Waals surface area (Å²) in [6.45, 7) is 3.03. The topological polar surface area (TPSA) is 69.2 Å². The molecule has 1 N–H and O–H groups in total. The summed E-state index contributed by atoms with van der Waals surface area (Å²) in [6, 6.07) is 0.684. The first-order valence-electron chi connectivity index (χ1n) is 5.57. The number of nitrogens with one attached hydrogen (secondary N) is 1. The van der Waals surface area contributed by atoms with E-state index in [1.165, 1.54) is 6.21 Å². The second kappa shape index (κ2) is 9.29. The fraction of sp³-hybridized carbons (Fsp3) is 0.800. The van der Waals surface area contributed by atoms with Gasteiger partial charge in [0.2, 0.25) is 0 Å². The summed E-state index contributed by atoms with van der Waals surface area (Å²) in [4.78, 5) is 15.1. The summed E-state index contributed by atoms with van der Waals surface area (Å²) in [7, 11) is 2.26. The standard InChI is InChI=1S/C10H22N2O4Si/c1-5-12-10(13)9-11-7-6-8-17(14-2,15-3)16-4/h9H,5-8H2,1-4H3,(H,12,13). The third kappa shape index (κ3) is 6.52. The molecule has 0 fully saturated rings. The van der Waals surface area contributed by atoms with Crippen molar-refractivity contribution >= 4 is 20.9 Å². The smallest absolute Gasteiger partial charge is 0.377 e. The van der Waals surface area contributed by atoms with Gasteiger partial charge in [0.25, 0.3) is 5.91 Å². The van der Waals surface area contributed by atoms with Gasteiger partial charge in [0.05, 0.1) is 6.21 Å². The van der Waals surface area contributed by atoms with E-state index in [1.807, 2.05) is 6.92 Å². The van der Waals surface area contributed by atoms with Crippen molar-refractivity contribution in [1.29, 1.82) is 0 Å². The molecule has 0 spiro atoms. The molecule has 100 valence electrons. The number of nitrogens with zero attached hydrogens (tertiary/aromatic N) is 1. The summed E-state index contributed by atoms with van der Waals surface area (Å²) < 4.78 is 15.8. The highest BCUT2D eigenvalue weighted by Gasteiger charge is 2.36. The molecule has 0 aliphatic rings. The van der Waals surface area contributed by atoms with E-state index in [0.717, 1.165) is 6.42 Å². The van der Waals surface area contributed by atoms with Crippen LogP contribution in [0.25, 0.3) is 0 Å². The van der Waals surface area contributed by atoms with E-state index in [2.05, 4.69) is 10.3 Å². The molecule has 17 heavy (non-hydrogen) atoms. The maximum atomic E-state index is 11.0. The van der Waals surface area contributed by atoms with Crippen molar-refractivity contribution in [3.05, 3.63) is 0 Å². The second-order valence-electron chi connectivity index (χ2n) is 3.33. The Morgan fingerprint density at radius 2 is 1.88 bits per heavy atom. The Balaban J connectivity index is 3.86. The van der Waals surface area contributed by atoms with Crippen LogP contribution in [0, 0.1) is 0 Å². The SMILES string of the molecule is CCNC(=O)C=NCCC[Si](OC)(OC)OC. The first kappa shape index (κ1) is 16.2. The number of aliphatic imine (C=N–C) groups is 1. The van der Waals surface area contributed by atoms with Gasteiger partial charge in [0.1, 0.15) is 0 Å². The Bertz CT molecular complexity index is 236. The molecular formula is C10H22N2O4Si. The lowest BCUT2D eigenvalue weighted by Crippen LogP contribution is -2.42. The molecule has 0 atom stereocenters. The number of hydrogen-bond donors (Lipinski definition) is 1. The first-order valence-corrected chi connectivity index (χ1v) is 7.50. The van der Waals surface area contributed by atoms with Crippen molar-refractivity contribution in [2.24, 2.45) is 4.99 Å². The van der Waals surface area contributed by atoms with Crippen molar-refractivity contribution in [3.8, 4) is 0 Å². The zero-order chi connectivity index (χ0) is 13.1. The Hall–Kier alpha value is -0.763. The summed E-state index contributed by atoms with van der Waals surface area (Å²) >= 11 is 0. The maximum absolute atomic E-state index is 11.0. The third-order valence-electron chi connectivity index (χ3n) is 2.26. The van der Waals surface area contributed by atoms with Gasteiger partial charge in [-0.1, -0.05) is 0 Å². The van der Waals surface area contributed by atoms with Crippen LogP contribution in [0.5, 0.6) is 0 Å².